The Bertz CT molecular complexity index is 1050. The Kier molecular flexibility index (Phi) is 5.77. The molecule has 2 aromatic carbocycles. The van der Waals surface area contributed by atoms with Gasteiger partial charge in [0, 0.05) is 12.5 Å². The van der Waals surface area contributed by atoms with Crippen LogP contribution < -0.4 is 10.6 Å². The lowest BCUT2D eigenvalue weighted by atomic mass is 9.98. The Morgan fingerprint density at radius 1 is 1.03 bits per heavy atom. The van der Waals surface area contributed by atoms with Crippen molar-refractivity contribution in [3.8, 4) is 11.1 Å². The molecule has 0 bridgehead atoms. The van der Waals surface area contributed by atoms with Crippen LogP contribution in [0.15, 0.2) is 48.5 Å². The summed E-state index contributed by atoms with van der Waals surface area (Å²) >= 11 is 0. The number of carbonyl (C=O) groups is 3. The molecule has 174 valence electrons. The number of rotatable bonds is 7. The standard InChI is InChI=1S/C23H21F3N2O5/c24-23(25,26)18(19(29)27-12-22(9-10-22)20(30)31)28-21(32)33-11-17-15-7-3-1-5-13(15)14-6-2-4-8-16(14)17/h1-8,17-18H,9-12H2,(H,27,29)(H,28,32)(H,30,31). The molecule has 1 saturated carbocycles. The second-order valence-corrected chi connectivity index (χ2v) is 8.25. The Balaban J connectivity index is 1.40. The average molecular weight is 462 g/mol. The molecule has 7 nitrogen and oxygen atoms in total. The predicted molar refractivity (Wildman–Crippen MR) is 110 cm³/mol. The van der Waals surface area contributed by atoms with Gasteiger partial charge in [-0.2, -0.15) is 13.2 Å². The summed E-state index contributed by atoms with van der Waals surface area (Å²) in [5.41, 5.74) is 2.46. The van der Waals surface area contributed by atoms with Crippen LogP contribution >= 0.6 is 0 Å². The maximum Gasteiger partial charge on any atom is 0.417 e. The van der Waals surface area contributed by atoms with Crippen molar-refractivity contribution in [3.05, 3.63) is 59.7 Å². The number of fused-ring (bicyclic) bond motifs is 3. The van der Waals surface area contributed by atoms with Crippen LogP contribution in [-0.2, 0) is 14.3 Å². The molecule has 3 N–H and O–H groups in total. The Hall–Kier alpha value is -3.56. The fourth-order valence-electron chi connectivity index (χ4n) is 4.03. The van der Waals surface area contributed by atoms with Crippen molar-refractivity contribution in [2.75, 3.05) is 13.2 Å². The van der Waals surface area contributed by atoms with Gasteiger partial charge in [-0.3, -0.25) is 9.59 Å². The topological polar surface area (TPSA) is 105 Å². The van der Waals surface area contributed by atoms with Crippen molar-refractivity contribution in [1.82, 2.24) is 10.6 Å². The summed E-state index contributed by atoms with van der Waals surface area (Å²) in [7, 11) is 0. The minimum atomic E-state index is -5.09. The molecule has 1 atom stereocenters. The number of alkyl halides is 3. The molecule has 2 amide bonds. The largest absolute Gasteiger partial charge is 0.481 e. The molecule has 33 heavy (non-hydrogen) atoms. The summed E-state index contributed by atoms with van der Waals surface area (Å²) in [4.78, 5) is 35.5. The summed E-state index contributed by atoms with van der Waals surface area (Å²) < 4.78 is 45.3. The van der Waals surface area contributed by atoms with Gasteiger partial charge >= 0.3 is 18.2 Å². The minimum Gasteiger partial charge on any atom is -0.481 e. The van der Waals surface area contributed by atoms with Gasteiger partial charge in [0.25, 0.3) is 5.91 Å². The molecule has 4 rings (SSSR count). The van der Waals surface area contributed by atoms with Gasteiger partial charge in [0.2, 0.25) is 6.04 Å². The van der Waals surface area contributed by atoms with E-state index in [1.54, 1.807) is 5.32 Å². The first-order chi connectivity index (χ1) is 15.6. The van der Waals surface area contributed by atoms with Gasteiger partial charge in [0.05, 0.1) is 5.41 Å². The number of alkyl carbamates (subject to hydrolysis) is 1. The molecule has 2 aromatic rings. The number of nitrogens with one attached hydrogen (secondary N) is 2. The molecule has 1 fully saturated rings. The van der Waals surface area contributed by atoms with E-state index in [0.717, 1.165) is 22.3 Å². The zero-order valence-corrected chi connectivity index (χ0v) is 17.3. The van der Waals surface area contributed by atoms with Crippen molar-refractivity contribution < 1.29 is 37.4 Å². The van der Waals surface area contributed by atoms with E-state index in [0.29, 0.717) is 0 Å². The number of benzene rings is 2. The lowest BCUT2D eigenvalue weighted by Crippen LogP contribution is -2.56. The van der Waals surface area contributed by atoms with Crippen molar-refractivity contribution in [3.63, 3.8) is 0 Å². The van der Waals surface area contributed by atoms with Gasteiger partial charge in [-0.1, -0.05) is 48.5 Å². The molecule has 0 radical (unpaired) electrons. The van der Waals surface area contributed by atoms with Gasteiger partial charge in [0.15, 0.2) is 0 Å². The van der Waals surface area contributed by atoms with E-state index in [4.69, 9.17) is 9.84 Å². The quantitative estimate of drug-likeness (QED) is 0.585. The van der Waals surface area contributed by atoms with Crippen LogP contribution in [0, 0.1) is 5.41 Å². The lowest BCUT2D eigenvalue weighted by molar-refractivity contribution is -0.167. The van der Waals surface area contributed by atoms with E-state index in [-0.39, 0.29) is 25.4 Å². The van der Waals surface area contributed by atoms with Crippen LogP contribution in [0.25, 0.3) is 11.1 Å². The highest BCUT2D eigenvalue weighted by Crippen LogP contribution is 2.45. The van der Waals surface area contributed by atoms with E-state index in [2.05, 4.69) is 0 Å². The molecule has 0 spiro atoms. The number of ether oxygens (including phenoxy) is 1. The minimum absolute atomic E-state index is 0.214. The predicted octanol–water partition coefficient (Wildman–Crippen LogP) is 3.44. The van der Waals surface area contributed by atoms with Crippen molar-refractivity contribution in [1.29, 1.82) is 0 Å². The number of carboxylic acid groups (broad SMARTS) is 1. The lowest BCUT2D eigenvalue weighted by Gasteiger charge is -2.22. The van der Waals surface area contributed by atoms with Gasteiger partial charge in [-0.05, 0) is 35.1 Å². The second kappa shape index (κ2) is 8.42. The van der Waals surface area contributed by atoms with Crippen LogP contribution in [0.3, 0.4) is 0 Å². The van der Waals surface area contributed by atoms with E-state index in [9.17, 15) is 27.6 Å². The van der Waals surface area contributed by atoms with Gasteiger partial charge in [-0.15, -0.1) is 0 Å². The summed E-state index contributed by atoms with van der Waals surface area (Å²) in [5, 5.41) is 12.7. The third-order valence-electron chi connectivity index (χ3n) is 6.10. The maximum absolute atomic E-state index is 13.4. The third kappa shape index (κ3) is 4.50. The summed E-state index contributed by atoms with van der Waals surface area (Å²) in [6, 6.07) is 12.1. The van der Waals surface area contributed by atoms with E-state index in [1.165, 1.54) is 0 Å². The van der Waals surface area contributed by atoms with Gasteiger partial charge in [0.1, 0.15) is 6.61 Å². The summed E-state index contributed by atoms with van der Waals surface area (Å²) in [6.07, 6.45) is -5.96. The highest BCUT2D eigenvalue weighted by molar-refractivity contribution is 5.87. The summed E-state index contributed by atoms with van der Waals surface area (Å²) in [6.45, 7) is -0.658. The van der Waals surface area contributed by atoms with Crippen LogP contribution in [0.4, 0.5) is 18.0 Å². The first kappa shape index (κ1) is 22.6. The molecule has 0 heterocycles. The number of hydrogen-bond donors (Lipinski definition) is 3. The molecule has 10 heteroatoms. The van der Waals surface area contributed by atoms with Crippen LogP contribution in [-0.4, -0.2) is 48.4 Å². The molecule has 0 aliphatic heterocycles. The van der Waals surface area contributed by atoms with Gasteiger partial charge in [-0.25, -0.2) is 4.79 Å². The number of halogens is 3. The van der Waals surface area contributed by atoms with Crippen LogP contribution in [0.2, 0.25) is 0 Å². The Morgan fingerprint density at radius 2 is 1.58 bits per heavy atom. The van der Waals surface area contributed by atoms with E-state index < -0.39 is 42.1 Å². The molecule has 1 unspecified atom stereocenters. The average Bonchev–Trinajstić information content (AvgIpc) is 3.51. The molecule has 2 aliphatic carbocycles. The normalized spacial score (nSPS) is 16.8. The second-order valence-electron chi connectivity index (χ2n) is 8.25. The number of amides is 2. The molecular formula is C23H21F3N2O5. The first-order valence-electron chi connectivity index (χ1n) is 10.3. The van der Waals surface area contributed by atoms with Crippen molar-refractivity contribution >= 4 is 18.0 Å². The fraction of sp³-hybridized carbons (Fsp3) is 0.348. The maximum atomic E-state index is 13.4. The molecule has 2 aliphatic rings. The number of hydrogen-bond acceptors (Lipinski definition) is 4. The van der Waals surface area contributed by atoms with E-state index in [1.807, 2.05) is 53.8 Å². The van der Waals surface area contributed by atoms with Crippen LogP contribution in [0.5, 0.6) is 0 Å². The number of aliphatic carboxylic acids is 1. The first-order valence-corrected chi connectivity index (χ1v) is 10.3. The Labute approximate surface area is 186 Å². The highest BCUT2D eigenvalue weighted by atomic mass is 19.4. The summed E-state index contributed by atoms with van der Waals surface area (Å²) in [5.74, 6) is -3.08. The highest BCUT2D eigenvalue weighted by Gasteiger charge is 2.52. The van der Waals surface area contributed by atoms with Gasteiger partial charge < -0.3 is 20.5 Å². The number of carboxylic acids is 1. The zero-order valence-electron chi connectivity index (χ0n) is 17.3. The van der Waals surface area contributed by atoms with Crippen LogP contribution in [0.1, 0.15) is 29.9 Å². The Morgan fingerprint density at radius 3 is 2.06 bits per heavy atom. The molecular weight excluding hydrogens is 441 g/mol. The van der Waals surface area contributed by atoms with Crippen molar-refractivity contribution in [2.45, 2.75) is 31.0 Å². The van der Waals surface area contributed by atoms with E-state index >= 15 is 0 Å². The fourth-order valence-corrected chi connectivity index (χ4v) is 4.03. The van der Waals surface area contributed by atoms with Crippen molar-refractivity contribution in [2.24, 2.45) is 5.41 Å². The molecule has 0 aromatic heterocycles. The number of carbonyl (C=O) groups excluding carboxylic acids is 2. The SMILES string of the molecule is O=C(NC(C(=O)NCC1(C(=O)O)CC1)C(F)(F)F)OCC1c2ccccc2-c2ccccc21. The smallest absolute Gasteiger partial charge is 0.417 e. The molecule has 0 saturated heterocycles. The third-order valence-corrected chi connectivity index (χ3v) is 6.10. The zero-order chi connectivity index (χ0) is 23.8. The monoisotopic (exact) mass is 462 g/mol.